The van der Waals surface area contributed by atoms with Crippen LogP contribution in [0.1, 0.15) is 53.2 Å². The number of methoxy groups -OCH3 is 1. The second-order valence-corrected chi connectivity index (χ2v) is 7.87. The molecule has 29 heavy (non-hydrogen) atoms. The fourth-order valence-electron chi connectivity index (χ4n) is 4.13. The Bertz CT molecular complexity index is 828. The molecule has 0 aromatic heterocycles. The number of aryl methyl sites for hydroxylation is 2. The van der Waals surface area contributed by atoms with Crippen molar-refractivity contribution in [3.05, 3.63) is 58.7 Å². The Labute approximate surface area is 173 Å². The van der Waals surface area contributed by atoms with E-state index in [4.69, 9.17) is 4.74 Å². The highest BCUT2D eigenvalue weighted by molar-refractivity contribution is 6.00. The van der Waals surface area contributed by atoms with Gasteiger partial charge in [0.25, 0.3) is 5.91 Å². The summed E-state index contributed by atoms with van der Waals surface area (Å²) in [4.78, 5) is 15.4. The maximum atomic E-state index is 13.0. The lowest BCUT2D eigenvalue weighted by Gasteiger charge is -2.32. The van der Waals surface area contributed by atoms with Crippen LogP contribution in [0.3, 0.4) is 0 Å². The number of aromatic hydroxyl groups is 1. The molecular weight excluding hydrogens is 364 g/mol. The maximum absolute atomic E-state index is 13.0. The van der Waals surface area contributed by atoms with Gasteiger partial charge < -0.3 is 15.2 Å². The van der Waals surface area contributed by atoms with Crippen molar-refractivity contribution in [3.63, 3.8) is 0 Å². The van der Waals surface area contributed by atoms with Crippen molar-refractivity contribution in [1.82, 2.24) is 10.2 Å². The van der Waals surface area contributed by atoms with Crippen LogP contribution in [0.4, 0.5) is 0 Å². The van der Waals surface area contributed by atoms with Gasteiger partial charge in [-0.25, -0.2) is 0 Å². The van der Waals surface area contributed by atoms with Gasteiger partial charge in [0.2, 0.25) is 0 Å². The summed E-state index contributed by atoms with van der Waals surface area (Å²) in [5.74, 6) is 0.261. The summed E-state index contributed by atoms with van der Waals surface area (Å²) in [5, 5.41) is 13.8. The molecule has 3 rings (SSSR count). The van der Waals surface area contributed by atoms with E-state index in [9.17, 15) is 9.90 Å². The molecule has 1 heterocycles. The molecule has 2 aromatic rings. The highest BCUT2D eigenvalue weighted by Crippen LogP contribution is 2.35. The molecule has 0 saturated carbocycles. The van der Waals surface area contributed by atoms with Crippen LogP contribution in [0.25, 0.3) is 0 Å². The molecule has 0 aliphatic carbocycles. The number of phenols is 1. The number of carbonyl (C=O) groups is 1. The first-order valence-electron chi connectivity index (χ1n) is 10.5. The second kappa shape index (κ2) is 9.79. The fraction of sp³-hybridized carbons (Fsp3) is 0.458. The average molecular weight is 397 g/mol. The third kappa shape index (κ3) is 5.10. The highest BCUT2D eigenvalue weighted by Gasteiger charge is 2.26. The van der Waals surface area contributed by atoms with E-state index in [1.165, 1.54) is 5.56 Å². The molecule has 1 aliphatic heterocycles. The van der Waals surface area contributed by atoms with E-state index in [1.54, 1.807) is 7.11 Å². The molecule has 1 aliphatic rings. The molecule has 0 bridgehead atoms. The number of nitrogens with zero attached hydrogens (tertiary/aromatic N) is 1. The SMILES string of the molecule is CCCc1cc(C)c(OC)c(C(=O)NC2CCN(Cc3ccccc3)CC2)c1O. The molecule has 2 N–H and O–H groups in total. The normalized spacial score (nSPS) is 15.3. The first kappa shape index (κ1) is 21.2. The Balaban J connectivity index is 1.65. The number of phenolic OH excluding ortho intramolecular Hbond substituents is 1. The molecular formula is C24H32N2O3. The van der Waals surface area contributed by atoms with Crippen LogP contribution in [0.5, 0.6) is 11.5 Å². The lowest BCUT2D eigenvalue weighted by Crippen LogP contribution is -2.44. The number of amides is 1. The van der Waals surface area contributed by atoms with Gasteiger partial charge in [-0.15, -0.1) is 0 Å². The van der Waals surface area contributed by atoms with Crippen LogP contribution < -0.4 is 10.1 Å². The Morgan fingerprint density at radius 3 is 2.55 bits per heavy atom. The molecule has 156 valence electrons. The molecule has 1 amide bonds. The molecule has 1 saturated heterocycles. The van der Waals surface area contributed by atoms with E-state index in [-0.39, 0.29) is 23.3 Å². The number of rotatable bonds is 7. The fourth-order valence-corrected chi connectivity index (χ4v) is 4.13. The molecule has 2 aromatic carbocycles. The number of piperidine rings is 1. The topological polar surface area (TPSA) is 61.8 Å². The number of nitrogens with one attached hydrogen (secondary N) is 1. The standard InChI is InChI=1S/C24H32N2O3/c1-4-8-19-15-17(2)23(29-3)21(22(19)27)24(28)25-20-11-13-26(14-12-20)16-18-9-6-5-7-10-18/h5-7,9-10,15,20,27H,4,8,11-14,16H2,1-3H3,(H,25,28). The van der Waals surface area contributed by atoms with Crippen molar-refractivity contribution in [1.29, 1.82) is 0 Å². The van der Waals surface area contributed by atoms with Crippen LogP contribution in [-0.4, -0.2) is 42.2 Å². The number of carbonyl (C=O) groups excluding carboxylic acids is 1. The zero-order valence-corrected chi connectivity index (χ0v) is 17.7. The van der Waals surface area contributed by atoms with Crippen molar-refractivity contribution in [3.8, 4) is 11.5 Å². The minimum absolute atomic E-state index is 0.0494. The number of benzene rings is 2. The third-order valence-corrected chi connectivity index (χ3v) is 5.64. The number of hydrogen-bond donors (Lipinski definition) is 2. The summed E-state index contributed by atoms with van der Waals surface area (Å²) in [7, 11) is 1.54. The van der Waals surface area contributed by atoms with Gasteiger partial charge in [-0.3, -0.25) is 9.69 Å². The van der Waals surface area contributed by atoms with Crippen LogP contribution in [0, 0.1) is 6.92 Å². The summed E-state index contributed by atoms with van der Waals surface area (Å²) >= 11 is 0. The second-order valence-electron chi connectivity index (χ2n) is 7.87. The monoisotopic (exact) mass is 396 g/mol. The van der Waals surface area contributed by atoms with Crippen LogP contribution in [-0.2, 0) is 13.0 Å². The Kier molecular flexibility index (Phi) is 7.15. The summed E-state index contributed by atoms with van der Waals surface area (Å²) in [6.45, 7) is 6.79. The van der Waals surface area contributed by atoms with E-state index in [1.807, 2.05) is 19.1 Å². The Morgan fingerprint density at radius 2 is 1.93 bits per heavy atom. The van der Waals surface area contributed by atoms with E-state index < -0.39 is 0 Å². The smallest absolute Gasteiger partial charge is 0.259 e. The lowest BCUT2D eigenvalue weighted by atomic mass is 9.98. The van der Waals surface area contributed by atoms with Gasteiger partial charge in [-0.05, 0) is 48.9 Å². The predicted octanol–water partition coefficient (Wildman–Crippen LogP) is 4.06. The quantitative estimate of drug-likeness (QED) is 0.741. The summed E-state index contributed by atoms with van der Waals surface area (Å²) in [6, 6.07) is 12.5. The predicted molar refractivity (Wildman–Crippen MR) is 116 cm³/mol. The summed E-state index contributed by atoms with van der Waals surface area (Å²) in [6.07, 6.45) is 3.43. The van der Waals surface area contributed by atoms with E-state index >= 15 is 0 Å². The molecule has 1 fully saturated rings. The van der Waals surface area contributed by atoms with Crippen LogP contribution in [0.2, 0.25) is 0 Å². The lowest BCUT2D eigenvalue weighted by molar-refractivity contribution is 0.0902. The third-order valence-electron chi connectivity index (χ3n) is 5.64. The van der Waals surface area contributed by atoms with Crippen molar-refractivity contribution in [2.45, 2.75) is 52.1 Å². The molecule has 0 unspecified atom stereocenters. The number of likely N-dealkylation sites (tertiary alicyclic amines) is 1. The van der Waals surface area contributed by atoms with Crippen molar-refractivity contribution < 1.29 is 14.6 Å². The van der Waals surface area contributed by atoms with Crippen molar-refractivity contribution >= 4 is 5.91 Å². The van der Waals surface area contributed by atoms with E-state index in [0.717, 1.165) is 56.4 Å². The van der Waals surface area contributed by atoms with Gasteiger partial charge in [0, 0.05) is 25.7 Å². The van der Waals surface area contributed by atoms with Gasteiger partial charge in [0.1, 0.15) is 17.1 Å². The van der Waals surface area contributed by atoms with Crippen LogP contribution in [0.15, 0.2) is 36.4 Å². The largest absolute Gasteiger partial charge is 0.507 e. The molecule has 5 nitrogen and oxygen atoms in total. The van der Waals surface area contributed by atoms with Crippen molar-refractivity contribution in [2.75, 3.05) is 20.2 Å². The number of hydrogen-bond acceptors (Lipinski definition) is 4. The van der Waals surface area contributed by atoms with Gasteiger partial charge >= 0.3 is 0 Å². The summed E-state index contributed by atoms with van der Waals surface area (Å²) in [5.41, 5.74) is 3.25. The van der Waals surface area contributed by atoms with Crippen LogP contribution >= 0.6 is 0 Å². The van der Waals surface area contributed by atoms with Gasteiger partial charge in [-0.1, -0.05) is 43.7 Å². The maximum Gasteiger partial charge on any atom is 0.259 e. The molecule has 0 atom stereocenters. The van der Waals surface area contributed by atoms with E-state index in [2.05, 4.69) is 41.4 Å². The molecule has 0 spiro atoms. The number of ether oxygens (including phenoxy) is 1. The molecule has 5 heteroatoms. The first-order chi connectivity index (χ1) is 14.0. The van der Waals surface area contributed by atoms with Gasteiger partial charge in [-0.2, -0.15) is 0 Å². The minimum atomic E-state index is -0.248. The average Bonchev–Trinajstić information content (AvgIpc) is 2.72. The Morgan fingerprint density at radius 1 is 1.24 bits per heavy atom. The first-order valence-corrected chi connectivity index (χ1v) is 10.5. The minimum Gasteiger partial charge on any atom is -0.507 e. The summed E-state index contributed by atoms with van der Waals surface area (Å²) < 4.78 is 5.45. The highest BCUT2D eigenvalue weighted by atomic mass is 16.5. The van der Waals surface area contributed by atoms with E-state index in [0.29, 0.717) is 5.75 Å². The Hall–Kier alpha value is -2.53. The van der Waals surface area contributed by atoms with Crippen molar-refractivity contribution in [2.24, 2.45) is 0 Å². The van der Waals surface area contributed by atoms with Gasteiger partial charge in [0.05, 0.1) is 7.11 Å². The zero-order chi connectivity index (χ0) is 20.8. The molecule has 0 radical (unpaired) electrons. The zero-order valence-electron chi connectivity index (χ0n) is 17.7. The van der Waals surface area contributed by atoms with Gasteiger partial charge in [0.15, 0.2) is 0 Å².